The van der Waals surface area contributed by atoms with Crippen LogP contribution in [-0.2, 0) is 0 Å². The number of aryl methyl sites for hydroxylation is 2. The summed E-state index contributed by atoms with van der Waals surface area (Å²) in [7, 11) is 1.65. The molecule has 2 rings (SSSR count). The van der Waals surface area contributed by atoms with E-state index in [0.717, 1.165) is 22.4 Å². The fraction of sp³-hybridized carbons (Fsp3) is 0.333. The molecule has 0 unspecified atom stereocenters. The molecule has 0 N–H and O–H groups in total. The first kappa shape index (κ1) is 14.6. The van der Waals surface area contributed by atoms with Gasteiger partial charge in [0.25, 0.3) is 0 Å². The van der Waals surface area contributed by atoms with Crippen molar-refractivity contribution in [2.45, 2.75) is 33.6 Å². The van der Waals surface area contributed by atoms with Crippen LogP contribution in [0.1, 0.15) is 36.5 Å². The van der Waals surface area contributed by atoms with Crippen LogP contribution in [0.25, 0.3) is 11.1 Å². The summed E-state index contributed by atoms with van der Waals surface area (Å²) >= 11 is 0. The number of ether oxygens (including phenoxy) is 1. The van der Waals surface area contributed by atoms with E-state index in [2.05, 4.69) is 26.0 Å². The number of rotatable bonds is 3. The highest BCUT2D eigenvalue weighted by molar-refractivity contribution is 5.74. The summed E-state index contributed by atoms with van der Waals surface area (Å²) in [5, 5.41) is 0. The van der Waals surface area contributed by atoms with Gasteiger partial charge in [-0.1, -0.05) is 26.0 Å². The molecule has 0 aromatic heterocycles. The molecule has 0 amide bonds. The molecule has 0 spiro atoms. The SMILES string of the molecule is COc1ccc(C(C)C)cc1-c1cc(F)c(C)cc1C. The van der Waals surface area contributed by atoms with Crippen LogP contribution in [0.4, 0.5) is 4.39 Å². The molecule has 0 aliphatic rings. The van der Waals surface area contributed by atoms with E-state index in [1.54, 1.807) is 20.1 Å². The molecule has 0 heterocycles. The monoisotopic (exact) mass is 272 g/mol. The average Bonchev–Trinajstić information content (AvgIpc) is 2.42. The van der Waals surface area contributed by atoms with Crippen molar-refractivity contribution in [3.63, 3.8) is 0 Å². The number of halogens is 1. The summed E-state index contributed by atoms with van der Waals surface area (Å²) in [5.41, 5.74) is 4.80. The van der Waals surface area contributed by atoms with Crippen LogP contribution in [-0.4, -0.2) is 7.11 Å². The molecular formula is C18H21FO. The van der Waals surface area contributed by atoms with Crippen molar-refractivity contribution in [1.29, 1.82) is 0 Å². The van der Waals surface area contributed by atoms with Gasteiger partial charge < -0.3 is 4.74 Å². The van der Waals surface area contributed by atoms with E-state index in [4.69, 9.17) is 4.74 Å². The van der Waals surface area contributed by atoms with Gasteiger partial charge >= 0.3 is 0 Å². The van der Waals surface area contributed by atoms with E-state index in [1.807, 2.05) is 19.1 Å². The van der Waals surface area contributed by atoms with E-state index in [-0.39, 0.29) is 5.82 Å². The average molecular weight is 272 g/mol. The highest BCUT2D eigenvalue weighted by Crippen LogP contribution is 2.35. The van der Waals surface area contributed by atoms with Crippen LogP contribution >= 0.6 is 0 Å². The first-order valence-corrected chi connectivity index (χ1v) is 6.89. The van der Waals surface area contributed by atoms with Gasteiger partial charge in [-0.15, -0.1) is 0 Å². The van der Waals surface area contributed by atoms with Gasteiger partial charge in [-0.25, -0.2) is 4.39 Å². The smallest absolute Gasteiger partial charge is 0.126 e. The molecule has 2 aromatic rings. The fourth-order valence-electron chi connectivity index (χ4n) is 2.41. The number of hydrogen-bond donors (Lipinski definition) is 0. The lowest BCUT2D eigenvalue weighted by molar-refractivity contribution is 0.416. The van der Waals surface area contributed by atoms with Crippen LogP contribution in [0.3, 0.4) is 0 Å². The molecule has 0 saturated carbocycles. The van der Waals surface area contributed by atoms with E-state index in [9.17, 15) is 4.39 Å². The maximum absolute atomic E-state index is 13.9. The first-order valence-electron chi connectivity index (χ1n) is 6.89. The molecule has 2 heteroatoms. The van der Waals surface area contributed by atoms with Crippen molar-refractivity contribution in [2.75, 3.05) is 7.11 Å². The van der Waals surface area contributed by atoms with Crippen molar-refractivity contribution in [3.8, 4) is 16.9 Å². The largest absolute Gasteiger partial charge is 0.496 e. The molecule has 1 nitrogen and oxygen atoms in total. The van der Waals surface area contributed by atoms with E-state index < -0.39 is 0 Å². The van der Waals surface area contributed by atoms with Gasteiger partial charge in [0, 0.05) is 5.56 Å². The Morgan fingerprint density at radius 2 is 1.65 bits per heavy atom. The molecule has 0 bridgehead atoms. The molecule has 0 aliphatic carbocycles. The lowest BCUT2D eigenvalue weighted by Crippen LogP contribution is -1.95. The van der Waals surface area contributed by atoms with Gasteiger partial charge in [0.1, 0.15) is 11.6 Å². The van der Waals surface area contributed by atoms with Crippen molar-refractivity contribution in [2.24, 2.45) is 0 Å². The zero-order valence-corrected chi connectivity index (χ0v) is 12.8. The molecular weight excluding hydrogens is 251 g/mol. The normalized spacial score (nSPS) is 10.9. The van der Waals surface area contributed by atoms with E-state index in [0.29, 0.717) is 11.5 Å². The standard InChI is InChI=1S/C18H21FO/c1-11(2)14-6-7-18(20-5)16(9-14)15-10-17(19)13(4)8-12(15)3/h6-11H,1-5H3. The third kappa shape index (κ3) is 2.69. The third-order valence-corrected chi connectivity index (χ3v) is 3.69. The van der Waals surface area contributed by atoms with Crippen molar-refractivity contribution >= 4 is 0 Å². The molecule has 0 radical (unpaired) electrons. The minimum atomic E-state index is -0.178. The van der Waals surface area contributed by atoms with Crippen molar-refractivity contribution in [1.82, 2.24) is 0 Å². The summed E-state index contributed by atoms with van der Waals surface area (Å²) < 4.78 is 19.3. The molecule has 20 heavy (non-hydrogen) atoms. The van der Waals surface area contributed by atoms with Crippen LogP contribution in [0, 0.1) is 19.7 Å². The predicted octanol–water partition coefficient (Wildman–Crippen LogP) is 5.24. The summed E-state index contributed by atoms with van der Waals surface area (Å²) in [6.45, 7) is 8.08. The summed E-state index contributed by atoms with van der Waals surface area (Å²) in [6, 6.07) is 9.61. The Morgan fingerprint density at radius 1 is 0.950 bits per heavy atom. The van der Waals surface area contributed by atoms with Gasteiger partial charge in [-0.3, -0.25) is 0 Å². The summed E-state index contributed by atoms with van der Waals surface area (Å²) in [6.07, 6.45) is 0. The van der Waals surface area contributed by atoms with Crippen LogP contribution in [0.2, 0.25) is 0 Å². The van der Waals surface area contributed by atoms with Gasteiger partial charge in [0.05, 0.1) is 7.11 Å². The minimum absolute atomic E-state index is 0.178. The van der Waals surface area contributed by atoms with Gasteiger partial charge in [-0.2, -0.15) is 0 Å². The molecule has 0 fully saturated rings. The quantitative estimate of drug-likeness (QED) is 0.742. The van der Waals surface area contributed by atoms with Gasteiger partial charge in [0.2, 0.25) is 0 Å². The summed E-state index contributed by atoms with van der Waals surface area (Å²) in [4.78, 5) is 0. The van der Waals surface area contributed by atoms with Crippen LogP contribution in [0.5, 0.6) is 5.75 Å². The van der Waals surface area contributed by atoms with Crippen molar-refractivity contribution in [3.05, 3.63) is 52.8 Å². The Kier molecular flexibility index (Phi) is 4.12. The van der Waals surface area contributed by atoms with Gasteiger partial charge in [-0.05, 0) is 60.2 Å². The Labute approximate surface area is 120 Å². The van der Waals surface area contributed by atoms with Gasteiger partial charge in [0.15, 0.2) is 0 Å². The second kappa shape index (κ2) is 5.66. The Balaban J connectivity index is 2.67. The van der Waals surface area contributed by atoms with E-state index in [1.165, 1.54) is 5.56 Å². The highest BCUT2D eigenvalue weighted by atomic mass is 19.1. The lowest BCUT2D eigenvalue weighted by atomic mass is 9.93. The fourth-order valence-corrected chi connectivity index (χ4v) is 2.41. The van der Waals surface area contributed by atoms with Crippen LogP contribution < -0.4 is 4.74 Å². The number of hydrogen-bond acceptors (Lipinski definition) is 1. The number of methoxy groups -OCH3 is 1. The Morgan fingerprint density at radius 3 is 2.25 bits per heavy atom. The molecule has 106 valence electrons. The lowest BCUT2D eigenvalue weighted by Gasteiger charge is -2.15. The Hall–Kier alpha value is -1.83. The topological polar surface area (TPSA) is 9.23 Å². The third-order valence-electron chi connectivity index (χ3n) is 3.69. The zero-order valence-electron chi connectivity index (χ0n) is 12.8. The second-order valence-corrected chi connectivity index (χ2v) is 5.53. The highest BCUT2D eigenvalue weighted by Gasteiger charge is 2.13. The molecule has 0 atom stereocenters. The molecule has 0 saturated heterocycles. The maximum atomic E-state index is 13.9. The Bertz CT molecular complexity index is 630. The molecule has 0 aliphatic heterocycles. The zero-order chi connectivity index (χ0) is 14.9. The second-order valence-electron chi connectivity index (χ2n) is 5.53. The molecule has 2 aromatic carbocycles. The maximum Gasteiger partial charge on any atom is 0.126 e. The number of benzene rings is 2. The van der Waals surface area contributed by atoms with Crippen molar-refractivity contribution < 1.29 is 9.13 Å². The summed E-state index contributed by atoms with van der Waals surface area (Å²) in [5.74, 6) is 1.03. The first-order chi connectivity index (χ1) is 9.43. The van der Waals surface area contributed by atoms with Crippen LogP contribution in [0.15, 0.2) is 30.3 Å². The minimum Gasteiger partial charge on any atom is -0.496 e. The predicted molar refractivity (Wildman–Crippen MR) is 82.0 cm³/mol. The van der Waals surface area contributed by atoms with E-state index >= 15 is 0 Å².